The van der Waals surface area contributed by atoms with Crippen LogP contribution in [0, 0.1) is 5.92 Å². The molecule has 2 rings (SSSR count). The minimum absolute atomic E-state index is 0.755. The Morgan fingerprint density at radius 1 is 1.35 bits per heavy atom. The summed E-state index contributed by atoms with van der Waals surface area (Å²) in [5, 5.41) is 3.49. The van der Waals surface area contributed by atoms with Crippen LogP contribution >= 0.6 is 15.9 Å². The van der Waals surface area contributed by atoms with E-state index in [0.717, 1.165) is 28.4 Å². The monoisotopic (exact) mass is 295 g/mol. The summed E-state index contributed by atoms with van der Waals surface area (Å²) < 4.78 is 6.29. The van der Waals surface area contributed by atoms with E-state index in [-0.39, 0.29) is 0 Å². The molecule has 0 saturated heterocycles. The number of hydrogen-bond donors (Lipinski definition) is 1. The summed E-state index contributed by atoms with van der Waals surface area (Å²) in [5.41, 5.74) is 1.12. The van der Waals surface area contributed by atoms with Gasteiger partial charge in [0.2, 0.25) is 0 Å². The summed E-state index contributed by atoms with van der Waals surface area (Å²) in [6.07, 6.45) is 8.26. The van der Waals surface area contributed by atoms with Gasteiger partial charge in [0.1, 0.15) is 5.75 Å². The van der Waals surface area contributed by atoms with Crippen LogP contribution in [-0.4, -0.2) is 13.7 Å². The van der Waals surface area contributed by atoms with Crippen molar-refractivity contribution < 1.29 is 4.74 Å². The maximum Gasteiger partial charge on any atom is 0.122 e. The van der Waals surface area contributed by atoms with Gasteiger partial charge in [-0.05, 0) is 37.3 Å². The fourth-order valence-electron chi connectivity index (χ4n) is 2.09. The zero-order chi connectivity index (χ0) is 12.1. The Labute approximate surface area is 111 Å². The summed E-state index contributed by atoms with van der Waals surface area (Å²) in [4.78, 5) is 0. The molecule has 92 valence electrons. The van der Waals surface area contributed by atoms with E-state index in [9.17, 15) is 0 Å². The van der Waals surface area contributed by atoms with Crippen molar-refractivity contribution in [1.82, 2.24) is 0 Å². The second-order valence-corrected chi connectivity index (χ2v) is 5.33. The highest BCUT2D eigenvalue weighted by Gasteiger charge is 2.09. The smallest absolute Gasteiger partial charge is 0.122 e. The predicted molar refractivity (Wildman–Crippen MR) is 75.7 cm³/mol. The number of benzene rings is 1. The highest BCUT2D eigenvalue weighted by Crippen LogP contribution is 2.25. The highest BCUT2D eigenvalue weighted by atomic mass is 79.9. The third-order valence-electron chi connectivity index (χ3n) is 3.08. The van der Waals surface area contributed by atoms with E-state index in [1.54, 1.807) is 7.11 Å². The molecule has 0 saturated carbocycles. The second kappa shape index (κ2) is 6.10. The lowest BCUT2D eigenvalue weighted by Crippen LogP contribution is -2.15. The Kier molecular flexibility index (Phi) is 4.49. The molecule has 1 N–H and O–H groups in total. The Hall–Kier alpha value is -0.960. The molecule has 0 aromatic heterocycles. The van der Waals surface area contributed by atoms with Crippen LogP contribution in [0.2, 0.25) is 0 Å². The Morgan fingerprint density at radius 3 is 2.94 bits per heavy atom. The third-order valence-corrected chi connectivity index (χ3v) is 3.54. The summed E-state index contributed by atoms with van der Waals surface area (Å²) >= 11 is 3.49. The Morgan fingerprint density at radius 2 is 2.24 bits per heavy atom. The largest absolute Gasteiger partial charge is 0.497 e. The normalized spacial score (nSPS) is 19.1. The van der Waals surface area contributed by atoms with Crippen LogP contribution in [0.5, 0.6) is 5.75 Å². The molecule has 17 heavy (non-hydrogen) atoms. The van der Waals surface area contributed by atoms with Gasteiger partial charge in [-0.2, -0.15) is 0 Å². The van der Waals surface area contributed by atoms with E-state index >= 15 is 0 Å². The Balaban J connectivity index is 1.93. The minimum atomic E-state index is 0.755. The molecule has 0 spiro atoms. The molecule has 0 heterocycles. The molecule has 1 aromatic carbocycles. The predicted octanol–water partition coefficient (Wildman–Crippen LogP) is 4.23. The topological polar surface area (TPSA) is 21.3 Å². The Bertz CT molecular complexity index is 403. The molecule has 1 atom stereocenters. The molecule has 3 heteroatoms. The SMILES string of the molecule is COc1cc(Br)cc(NCC2CC=CCC2)c1. The van der Waals surface area contributed by atoms with Crippen LogP contribution in [0.3, 0.4) is 0 Å². The first-order chi connectivity index (χ1) is 8.28. The van der Waals surface area contributed by atoms with E-state index in [1.165, 1.54) is 19.3 Å². The molecule has 1 aromatic rings. The van der Waals surface area contributed by atoms with Crippen LogP contribution < -0.4 is 10.1 Å². The van der Waals surface area contributed by atoms with Crippen molar-refractivity contribution in [2.24, 2.45) is 5.92 Å². The number of hydrogen-bond acceptors (Lipinski definition) is 2. The number of ether oxygens (including phenoxy) is 1. The second-order valence-electron chi connectivity index (χ2n) is 4.41. The maximum atomic E-state index is 5.25. The van der Waals surface area contributed by atoms with Crippen molar-refractivity contribution in [3.8, 4) is 5.75 Å². The molecule has 1 aliphatic carbocycles. The summed E-state index contributed by atoms with van der Waals surface area (Å²) in [6, 6.07) is 6.08. The number of allylic oxidation sites excluding steroid dienone is 2. The molecule has 0 bridgehead atoms. The molecular weight excluding hydrogens is 278 g/mol. The quantitative estimate of drug-likeness (QED) is 0.840. The number of rotatable bonds is 4. The van der Waals surface area contributed by atoms with E-state index in [0.29, 0.717) is 0 Å². The molecule has 1 unspecified atom stereocenters. The van der Waals surface area contributed by atoms with Gasteiger partial charge < -0.3 is 10.1 Å². The number of halogens is 1. The first kappa shape index (κ1) is 12.5. The van der Waals surface area contributed by atoms with Gasteiger partial charge in [0.05, 0.1) is 7.11 Å². The lowest BCUT2D eigenvalue weighted by atomic mass is 9.94. The van der Waals surface area contributed by atoms with Crippen LogP contribution in [-0.2, 0) is 0 Å². The zero-order valence-corrected chi connectivity index (χ0v) is 11.7. The lowest BCUT2D eigenvalue weighted by molar-refractivity contribution is 0.414. The van der Waals surface area contributed by atoms with Crippen molar-refractivity contribution in [2.75, 3.05) is 19.0 Å². The van der Waals surface area contributed by atoms with Gasteiger partial charge in [-0.3, -0.25) is 0 Å². The van der Waals surface area contributed by atoms with Gasteiger partial charge in [-0.1, -0.05) is 28.1 Å². The van der Waals surface area contributed by atoms with Crippen molar-refractivity contribution in [3.05, 3.63) is 34.8 Å². The van der Waals surface area contributed by atoms with Gasteiger partial charge in [0.15, 0.2) is 0 Å². The average Bonchev–Trinajstić information content (AvgIpc) is 2.37. The van der Waals surface area contributed by atoms with Crippen molar-refractivity contribution in [3.63, 3.8) is 0 Å². The summed E-state index contributed by atoms with van der Waals surface area (Å²) in [6.45, 7) is 1.03. The molecule has 0 fully saturated rings. The molecule has 2 nitrogen and oxygen atoms in total. The number of methoxy groups -OCH3 is 1. The van der Waals surface area contributed by atoms with Crippen molar-refractivity contribution in [1.29, 1.82) is 0 Å². The van der Waals surface area contributed by atoms with Gasteiger partial charge in [0.25, 0.3) is 0 Å². The van der Waals surface area contributed by atoms with Crippen LogP contribution in [0.4, 0.5) is 5.69 Å². The summed E-state index contributed by atoms with van der Waals surface area (Å²) in [7, 11) is 1.69. The van der Waals surface area contributed by atoms with Gasteiger partial charge in [-0.25, -0.2) is 0 Å². The number of anilines is 1. The van der Waals surface area contributed by atoms with Crippen LogP contribution in [0.25, 0.3) is 0 Å². The van der Waals surface area contributed by atoms with Crippen molar-refractivity contribution in [2.45, 2.75) is 19.3 Å². The zero-order valence-electron chi connectivity index (χ0n) is 10.1. The van der Waals surface area contributed by atoms with E-state index < -0.39 is 0 Å². The third kappa shape index (κ3) is 3.77. The maximum absolute atomic E-state index is 5.25. The standard InChI is InChI=1S/C14H18BrNO/c1-17-14-8-12(15)7-13(9-14)16-10-11-5-3-2-4-6-11/h2-3,7-9,11,16H,4-6,10H2,1H3. The minimum Gasteiger partial charge on any atom is -0.497 e. The van der Waals surface area contributed by atoms with Gasteiger partial charge >= 0.3 is 0 Å². The molecule has 0 amide bonds. The van der Waals surface area contributed by atoms with E-state index in [1.807, 2.05) is 12.1 Å². The van der Waals surface area contributed by atoms with Crippen LogP contribution in [0.1, 0.15) is 19.3 Å². The number of nitrogens with one attached hydrogen (secondary N) is 1. The molecule has 0 radical (unpaired) electrons. The van der Waals surface area contributed by atoms with E-state index in [2.05, 4.69) is 39.5 Å². The first-order valence-corrected chi connectivity index (χ1v) is 6.80. The fraction of sp³-hybridized carbons (Fsp3) is 0.429. The van der Waals surface area contributed by atoms with Crippen molar-refractivity contribution >= 4 is 21.6 Å². The van der Waals surface area contributed by atoms with E-state index in [4.69, 9.17) is 4.74 Å². The molecule has 0 aliphatic heterocycles. The van der Waals surface area contributed by atoms with Gasteiger partial charge in [0, 0.05) is 22.8 Å². The van der Waals surface area contributed by atoms with Gasteiger partial charge in [-0.15, -0.1) is 0 Å². The average molecular weight is 296 g/mol. The fourth-order valence-corrected chi connectivity index (χ4v) is 2.56. The highest BCUT2D eigenvalue weighted by molar-refractivity contribution is 9.10. The molecule has 1 aliphatic rings. The molecular formula is C14H18BrNO. The lowest BCUT2D eigenvalue weighted by Gasteiger charge is -2.19. The summed E-state index contributed by atoms with van der Waals surface area (Å²) in [5.74, 6) is 1.63. The first-order valence-electron chi connectivity index (χ1n) is 6.01. The van der Waals surface area contributed by atoms with Crippen LogP contribution in [0.15, 0.2) is 34.8 Å².